The first kappa shape index (κ1) is 9.70. The zero-order valence-corrected chi connectivity index (χ0v) is 7.32. The molecule has 0 aromatic heterocycles. The molecular weight excluding hydrogens is 168 g/mol. The minimum absolute atomic E-state index is 0.160. The number of benzene rings is 1. The van der Waals surface area contributed by atoms with Gasteiger partial charge in [-0.25, -0.2) is 4.79 Å². The van der Waals surface area contributed by atoms with Crippen LogP contribution in [0.1, 0.15) is 28.9 Å². The van der Waals surface area contributed by atoms with Crippen molar-refractivity contribution in [1.82, 2.24) is 5.43 Å². The fourth-order valence-electron chi connectivity index (χ4n) is 1.16. The van der Waals surface area contributed by atoms with Gasteiger partial charge in [0.25, 0.3) is 0 Å². The quantitative estimate of drug-likeness (QED) is 0.477. The third-order valence-corrected chi connectivity index (χ3v) is 1.91. The molecule has 0 heterocycles. The predicted octanol–water partition coefficient (Wildman–Crippen LogP) is 0.909. The van der Waals surface area contributed by atoms with Gasteiger partial charge in [0.2, 0.25) is 0 Å². The van der Waals surface area contributed by atoms with Gasteiger partial charge in [-0.3, -0.25) is 11.3 Å². The number of rotatable bonds is 3. The number of hydrogen-bond donors (Lipinski definition) is 3. The van der Waals surface area contributed by atoms with Gasteiger partial charge in [0.1, 0.15) is 0 Å². The Morgan fingerprint density at radius 3 is 2.69 bits per heavy atom. The first-order valence-corrected chi connectivity index (χ1v) is 3.95. The summed E-state index contributed by atoms with van der Waals surface area (Å²) in [4.78, 5) is 10.8. The molecule has 0 aliphatic heterocycles. The highest BCUT2D eigenvalue weighted by atomic mass is 16.4. The molecule has 0 radical (unpaired) electrons. The molecule has 0 saturated carbocycles. The molecule has 0 bridgehead atoms. The van der Waals surface area contributed by atoms with Gasteiger partial charge in [-0.05, 0) is 18.6 Å². The predicted molar refractivity (Wildman–Crippen MR) is 49.1 cm³/mol. The Morgan fingerprint density at radius 1 is 1.54 bits per heavy atom. The van der Waals surface area contributed by atoms with Crippen molar-refractivity contribution >= 4 is 5.97 Å². The van der Waals surface area contributed by atoms with Crippen LogP contribution in [0.3, 0.4) is 0 Å². The second-order valence-corrected chi connectivity index (χ2v) is 2.78. The van der Waals surface area contributed by atoms with Gasteiger partial charge in [-0.15, -0.1) is 0 Å². The minimum atomic E-state index is -0.933. The smallest absolute Gasteiger partial charge is 0.336 e. The van der Waals surface area contributed by atoms with E-state index in [1.54, 1.807) is 24.3 Å². The van der Waals surface area contributed by atoms with Crippen LogP contribution in [-0.2, 0) is 0 Å². The van der Waals surface area contributed by atoms with Gasteiger partial charge in [0.15, 0.2) is 0 Å². The van der Waals surface area contributed by atoms with Crippen molar-refractivity contribution in [3.05, 3.63) is 35.4 Å². The summed E-state index contributed by atoms with van der Waals surface area (Å²) in [6.45, 7) is 1.81. The number of nitrogens with one attached hydrogen (secondary N) is 1. The van der Waals surface area contributed by atoms with Gasteiger partial charge >= 0.3 is 5.97 Å². The summed E-state index contributed by atoms with van der Waals surface area (Å²) < 4.78 is 0. The minimum Gasteiger partial charge on any atom is -0.478 e. The fourth-order valence-corrected chi connectivity index (χ4v) is 1.16. The summed E-state index contributed by atoms with van der Waals surface area (Å²) >= 11 is 0. The molecule has 1 aromatic rings. The standard InChI is InChI=1S/C9H12N2O2/c1-6(11-10)7-4-2-3-5-8(7)9(12)13/h2-6,11H,10H2,1H3,(H,12,13). The van der Waals surface area contributed by atoms with Crippen LogP contribution in [0, 0.1) is 0 Å². The molecule has 1 rings (SSSR count). The van der Waals surface area contributed by atoms with E-state index >= 15 is 0 Å². The zero-order chi connectivity index (χ0) is 9.84. The highest BCUT2D eigenvalue weighted by Gasteiger charge is 2.12. The first-order valence-electron chi connectivity index (χ1n) is 3.95. The summed E-state index contributed by atoms with van der Waals surface area (Å²) in [5, 5.41) is 8.84. The van der Waals surface area contributed by atoms with E-state index in [1.165, 1.54) is 0 Å². The van der Waals surface area contributed by atoms with Crippen molar-refractivity contribution in [2.24, 2.45) is 5.84 Å². The molecule has 1 atom stereocenters. The summed E-state index contributed by atoms with van der Waals surface area (Å²) in [6, 6.07) is 6.62. The second-order valence-electron chi connectivity index (χ2n) is 2.78. The third-order valence-electron chi connectivity index (χ3n) is 1.91. The number of nitrogens with two attached hydrogens (primary N) is 1. The van der Waals surface area contributed by atoms with E-state index < -0.39 is 5.97 Å². The maximum Gasteiger partial charge on any atom is 0.336 e. The van der Waals surface area contributed by atoms with E-state index in [4.69, 9.17) is 10.9 Å². The summed E-state index contributed by atoms with van der Waals surface area (Å²) in [5.74, 6) is 4.30. The van der Waals surface area contributed by atoms with Crippen LogP contribution in [-0.4, -0.2) is 11.1 Å². The van der Waals surface area contributed by atoms with Crippen molar-refractivity contribution in [2.75, 3.05) is 0 Å². The maximum absolute atomic E-state index is 10.8. The molecule has 0 amide bonds. The third kappa shape index (κ3) is 2.05. The van der Waals surface area contributed by atoms with Crippen LogP contribution in [0.2, 0.25) is 0 Å². The first-order chi connectivity index (χ1) is 6.16. The average molecular weight is 180 g/mol. The van der Waals surface area contributed by atoms with Gasteiger partial charge in [0, 0.05) is 6.04 Å². The van der Waals surface area contributed by atoms with Crippen LogP contribution in [0.4, 0.5) is 0 Å². The average Bonchev–Trinajstić information content (AvgIpc) is 2.16. The van der Waals surface area contributed by atoms with Gasteiger partial charge in [0.05, 0.1) is 5.56 Å². The lowest BCUT2D eigenvalue weighted by Crippen LogP contribution is -2.26. The van der Waals surface area contributed by atoms with Crippen LogP contribution < -0.4 is 11.3 Å². The lowest BCUT2D eigenvalue weighted by molar-refractivity contribution is 0.0695. The van der Waals surface area contributed by atoms with E-state index in [2.05, 4.69) is 5.43 Å². The molecule has 4 heteroatoms. The van der Waals surface area contributed by atoms with Gasteiger partial charge < -0.3 is 5.11 Å². The molecule has 0 aliphatic rings. The molecule has 0 saturated heterocycles. The molecule has 0 spiro atoms. The molecule has 4 N–H and O–H groups in total. The van der Waals surface area contributed by atoms with Crippen LogP contribution in [0.25, 0.3) is 0 Å². The highest BCUT2D eigenvalue weighted by Crippen LogP contribution is 2.16. The molecule has 4 nitrogen and oxygen atoms in total. The monoisotopic (exact) mass is 180 g/mol. The normalized spacial score (nSPS) is 12.5. The van der Waals surface area contributed by atoms with E-state index in [9.17, 15) is 4.79 Å². The lowest BCUT2D eigenvalue weighted by Gasteiger charge is -2.12. The Labute approximate surface area is 76.3 Å². The SMILES string of the molecule is CC(NN)c1ccccc1C(=O)O. The number of aromatic carboxylic acids is 1. The fraction of sp³-hybridized carbons (Fsp3) is 0.222. The van der Waals surface area contributed by atoms with Crippen LogP contribution in [0.15, 0.2) is 24.3 Å². The van der Waals surface area contributed by atoms with Crippen molar-refractivity contribution in [2.45, 2.75) is 13.0 Å². The van der Waals surface area contributed by atoms with E-state index in [0.717, 1.165) is 0 Å². The Balaban J connectivity index is 3.11. The number of hydrogen-bond acceptors (Lipinski definition) is 3. The number of hydrazine groups is 1. The Hall–Kier alpha value is -1.39. The van der Waals surface area contributed by atoms with E-state index in [1.807, 2.05) is 6.92 Å². The van der Waals surface area contributed by atoms with Crippen molar-refractivity contribution in [3.63, 3.8) is 0 Å². The molecule has 0 aliphatic carbocycles. The molecule has 13 heavy (non-hydrogen) atoms. The number of carboxylic acids is 1. The molecule has 0 fully saturated rings. The Kier molecular flexibility index (Phi) is 3.00. The zero-order valence-electron chi connectivity index (χ0n) is 7.32. The maximum atomic E-state index is 10.8. The van der Waals surface area contributed by atoms with Crippen LogP contribution >= 0.6 is 0 Å². The van der Waals surface area contributed by atoms with Crippen molar-refractivity contribution < 1.29 is 9.90 Å². The van der Waals surface area contributed by atoms with Crippen molar-refractivity contribution in [3.8, 4) is 0 Å². The second kappa shape index (κ2) is 4.02. The molecule has 1 unspecified atom stereocenters. The van der Waals surface area contributed by atoms with Crippen molar-refractivity contribution in [1.29, 1.82) is 0 Å². The van der Waals surface area contributed by atoms with Gasteiger partial charge in [-0.1, -0.05) is 18.2 Å². The lowest BCUT2D eigenvalue weighted by atomic mass is 10.0. The van der Waals surface area contributed by atoms with E-state index in [-0.39, 0.29) is 11.6 Å². The highest BCUT2D eigenvalue weighted by molar-refractivity contribution is 5.89. The number of carbonyl (C=O) groups is 1. The van der Waals surface area contributed by atoms with E-state index in [0.29, 0.717) is 5.56 Å². The van der Waals surface area contributed by atoms with Gasteiger partial charge in [-0.2, -0.15) is 0 Å². The topological polar surface area (TPSA) is 75.3 Å². The van der Waals surface area contributed by atoms with Crippen LogP contribution in [0.5, 0.6) is 0 Å². The number of carboxylic acid groups (broad SMARTS) is 1. The molecular formula is C9H12N2O2. The summed E-state index contributed by atoms with van der Waals surface area (Å²) in [5.41, 5.74) is 3.49. The largest absolute Gasteiger partial charge is 0.478 e. The Bertz CT molecular complexity index is 312. The summed E-state index contributed by atoms with van der Waals surface area (Å²) in [7, 11) is 0. The Morgan fingerprint density at radius 2 is 2.15 bits per heavy atom. The molecule has 70 valence electrons. The molecule has 1 aromatic carbocycles. The summed E-state index contributed by atoms with van der Waals surface area (Å²) in [6.07, 6.45) is 0.